The zero-order valence-electron chi connectivity index (χ0n) is 7.29. The number of rotatable bonds is 2. The van der Waals surface area contributed by atoms with Crippen LogP contribution in [0.4, 0.5) is 0 Å². The van der Waals surface area contributed by atoms with Crippen molar-refractivity contribution in [3.8, 4) is 0 Å². The number of nitrogens with zero attached hydrogens (tertiary/aromatic N) is 1. The second-order valence-corrected chi connectivity index (χ2v) is 3.40. The fraction of sp³-hybridized carbons (Fsp3) is 0.300. The molecule has 0 bridgehead atoms. The lowest BCUT2D eigenvalue weighted by molar-refractivity contribution is 1.08. The highest BCUT2D eigenvalue weighted by Crippen LogP contribution is 2.26. The van der Waals surface area contributed by atoms with E-state index in [0.29, 0.717) is 0 Å². The second kappa shape index (κ2) is 4.99. The summed E-state index contributed by atoms with van der Waals surface area (Å²) in [5.74, 6) is 1.08. The van der Waals surface area contributed by atoms with Crippen molar-refractivity contribution in [1.29, 1.82) is 0 Å². The molecular formula is C10H13NS. The van der Waals surface area contributed by atoms with Crippen molar-refractivity contribution in [3.05, 3.63) is 35.4 Å². The summed E-state index contributed by atoms with van der Waals surface area (Å²) in [7, 11) is 0. The Morgan fingerprint density at radius 3 is 3.17 bits per heavy atom. The normalized spacial score (nSPS) is 21.4. The van der Waals surface area contributed by atoms with Crippen molar-refractivity contribution in [2.24, 2.45) is 4.99 Å². The third-order valence-electron chi connectivity index (χ3n) is 1.54. The Bertz CT molecular complexity index is 249. The van der Waals surface area contributed by atoms with E-state index in [9.17, 15) is 0 Å². The maximum Gasteiger partial charge on any atom is 0.0503 e. The molecular weight excluding hydrogens is 166 g/mol. The number of hydrogen-bond acceptors (Lipinski definition) is 2. The number of aliphatic imine (C=N–C) groups is 1. The van der Waals surface area contributed by atoms with E-state index >= 15 is 0 Å². The quantitative estimate of drug-likeness (QED) is 0.593. The molecule has 0 aliphatic carbocycles. The zero-order valence-corrected chi connectivity index (χ0v) is 8.10. The molecule has 1 aliphatic heterocycles. The largest absolute Gasteiger partial charge is 0.265 e. The van der Waals surface area contributed by atoms with Crippen LogP contribution < -0.4 is 0 Å². The molecule has 1 nitrogen and oxygen atoms in total. The first kappa shape index (κ1) is 9.33. The summed E-state index contributed by atoms with van der Waals surface area (Å²) in [6.07, 6.45) is 6.73. The van der Waals surface area contributed by atoms with Crippen LogP contribution in [-0.4, -0.2) is 12.0 Å². The molecule has 1 heterocycles. The van der Waals surface area contributed by atoms with E-state index in [-0.39, 0.29) is 0 Å². The molecule has 0 aromatic heterocycles. The van der Waals surface area contributed by atoms with Crippen LogP contribution in [-0.2, 0) is 0 Å². The molecule has 1 aliphatic rings. The molecule has 0 aromatic carbocycles. The van der Waals surface area contributed by atoms with Gasteiger partial charge in [0.25, 0.3) is 0 Å². The second-order valence-electron chi connectivity index (χ2n) is 2.54. The third-order valence-corrected chi connectivity index (χ3v) is 2.52. The smallest absolute Gasteiger partial charge is 0.0503 e. The maximum atomic E-state index is 4.26. The Balaban J connectivity index is 2.65. The molecule has 0 fully saturated rings. The average molecular weight is 179 g/mol. The van der Waals surface area contributed by atoms with Crippen molar-refractivity contribution in [3.63, 3.8) is 0 Å². The van der Waals surface area contributed by atoms with E-state index in [2.05, 4.69) is 23.1 Å². The lowest BCUT2D eigenvalue weighted by Gasteiger charge is -2.11. The van der Waals surface area contributed by atoms with E-state index in [4.69, 9.17) is 0 Å². The zero-order chi connectivity index (χ0) is 8.81. The first-order chi connectivity index (χ1) is 5.86. The summed E-state index contributed by atoms with van der Waals surface area (Å²) in [4.78, 5) is 4.26. The van der Waals surface area contributed by atoms with Crippen LogP contribution >= 0.6 is 11.8 Å². The Morgan fingerprint density at radius 2 is 2.50 bits per heavy atom. The maximum absolute atomic E-state index is 4.26. The van der Waals surface area contributed by atoms with Gasteiger partial charge in [0.05, 0.1) is 5.70 Å². The van der Waals surface area contributed by atoms with Gasteiger partial charge in [0, 0.05) is 18.4 Å². The molecule has 0 saturated carbocycles. The molecule has 64 valence electrons. The van der Waals surface area contributed by atoms with Crippen LogP contribution in [0, 0.1) is 0 Å². The molecule has 0 spiro atoms. The fourth-order valence-electron chi connectivity index (χ4n) is 1.09. The van der Waals surface area contributed by atoms with Gasteiger partial charge in [-0.1, -0.05) is 24.3 Å². The summed E-state index contributed by atoms with van der Waals surface area (Å²) >= 11 is 1.80. The minimum atomic E-state index is 0.976. The molecule has 0 aromatic rings. The van der Waals surface area contributed by atoms with Crippen molar-refractivity contribution in [1.82, 2.24) is 0 Å². The summed E-state index contributed by atoms with van der Waals surface area (Å²) in [6, 6.07) is 0. The van der Waals surface area contributed by atoms with Gasteiger partial charge in [-0.05, 0) is 12.3 Å². The molecule has 0 unspecified atom stereocenters. The van der Waals surface area contributed by atoms with E-state index in [1.165, 1.54) is 5.57 Å². The van der Waals surface area contributed by atoms with Crippen molar-refractivity contribution < 1.29 is 0 Å². The number of thioether (sulfide) groups is 1. The third kappa shape index (κ3) is 2.70. The molecule has 2 heteroatoms. The number of allylic oxidation sites excluding steroid dienone is 3. The predicted octanol–water partition coefficient (Wildman–Crippen LogP) is 3.17. The van der Waals surface area contributed by atoms with Crippen LogP contribution in [0.5, 0.6) is 0 Å². The SMILES string of the molecule is C=C/C=C1\CSC=C(/N=C\C)C1. The molecule has 0 atom stereocenters. The standard InChI is InChI=1S/C10H13NS/c1-3-5-9-6-10(11-4-2)8-12-7-9/h3-5,8H,1,6-7H2,2H3/b9-5-,11-4-. The van der Waals surface area contributed by atoms with Gasteiger partial charge in [-0.25, -0.2) is 0 Å². The van der Waals surface area contributed by atoms with Gasteiger partial charge >= 0.3 is 0 Å². The van der Waals surface area contributed by atoms with Gasteiger partial charge in [-0.2, -0.15) is 0 Å². The molecule has 0 radical (unpaired) electrons. The first-order valence-corrected chi connectivity index (χ1v) is 5.01. The van der Waals surface area contributed by atoms with Gasteiger partial charge in [0.15, 0.2) is 0 Å². The Hall–Kier alpha value is -0.760. The highest BCUT2D eigenvalue weighted by Gasteiger charge is 2.06. The number of hydrogen-bond donors (Lipinski definition) is 0. The summed E-state index contributed by atoms with van der Waals surface area (Å²) < 4.78 is 0. The van der Waals surface area contributed by atoms with E-state index in [1.807, 2.05) is 19.2 Å². The molecule has 0 N–H and O–H groups in total. The van der Waals surface area contributed by atoms with E-state index < -0.39 is 0 Å². The van der Waals surface area contributed by atoms with Crippen molar-refractivity contribution in [2.75, 3.05) is 5.75 Å². The van der Waals surface area contributed by atoms with E-state index in [1.54, 1.807) is 11.8 Å². The van der Waals surface area contributed by atoms with Crippen LogP contribution in [0.2, 0.25) is 0 Å². The fourth-order valence-corrected chi connectivity index (χ4v) is 1.92. The lowest BCUT2D eigenvalue weighted by atomic mass is 10.1. The summed E-state index contributed by atoms with van der Waals surface area (Å²) in [6.45, 7) is 5.62. The highest BCUT2D eigenvalue weighted by molar-refractivity contribution is 8.02. The van der Waals surface area contributed by atoms with E-state index in [0.717, 1.165) is 17.9 Å². The molecule has 12 heavy (non-hydrogen) atoms. The minimum Gasteiger partial charge on any atom is -0.265 e. The highest BCUT2D eigenvalue weighted by atomic mass is 32.2. The Labute approximate surface area is 78.0 Å². The van der Waals surface area contributed by atoms with Crippen LogP contribution in [0.25, 0.3) is 0 Å². The lowest BCUT2D eigenvalue weighted by Crippen LogP contribution is -1.94. The summed E-state index contributed by atoms with van der Waals surface area (Å²) in [5.41, 5.74) is 2.56. The Morgan fingerprint density at radius 1 is 1.67 bits per heavy atom. The summed E-state index contributed by atoms with van der Waals surface area (Å²) in [5, 5.41) is 2.13. The minimum absolute atomic E-state index is 0.976. The van der Waals surface area contributed by atoms with Crippen LogP contribution in [0.3, 0.4) is 0 Å². The monoisotopic (exact) mass is 179 g/mol. The topological polar surface area (TPSA) is 12.4 Å². The van der Waals surface area contributed by atoms with Gasteiger partial charge < -0.3 is 0 Å². The molecule has 1 rings (SSSR count). The van der Waals surface area contributed by atoms with Gasteiger partial charge in [0.1, 0.15) is 0 Å². The Kier molecular flexibility index (Phi) is 3.88. The van der Waals surface area contributed by atoms with Crippen molar-refractivity contribution >= 4 is 18.0 Å². The average Bonchev–Trinajstić information content (AvgIpc) is 2.06. The van der Waals surface area contributed by atoms with Gasteiger partial charge in [0.2, 0.25) is 0 Å². The van der Waals surface area contributed by atoms with Gasteiger partial charge in [-0.3, -0.25) is 4.99 Å². The van der Waals surface area contributed by atoms with Gasteiger partial charge in [-0.15, -0.1) is 11.8 Å². The molecule has 0 amide bonds. The van der Waals surface area contributed by atoms with Crippen LogP contribution in [0.15, 0.2) is 40.4 Å². The first-order valence-electron chi connectivity index (χ1n) is 3.96. The predicted molar refractivity (Wildman–Crippen MR) is 57.6 cm³/mol. The van der Waals surface area contributed by atoms with Crippen LogP contribution in [0.1, 0.15) is 13.3 Å². The van der Waals surface area contributed by atoms with Crippen molar-refractivity contribution in [2.45, 2.75) is 13.3 Å². The molecule has 0 saturated heterocycles.